The van der Waals surface area contributed by atoms with E-state index in [0.29, 0.717) is 0 Å². The van der Waals surface area contributed by atoms with E-state index in [-0.39, 0.29) is 0 Å². The van der Waals surface area contributed by atoms with Gasteiger partial charge in [0.15, 0.2) is 0 Å². The Balaban J connectivity index is 3.17. The molecule has 0 spiro atoms. The van der Waals surface area contributed by atoms with E-state index in [2.05, 4.69) is 0 Å². The van der Waals surface area contributed by atoms with Gasteiger partial charge in [-0.05, 0) is 11.6 Å². The van der Waals surface area contributed by atoms with E-state index in [1.165, 1.54) is 11.6 Å². The number of hydrogen-bond acceptors (Lipinski definition) is 2. The molecule has 0 radical (unpaired) electrons. The molecule has 0 fully saturated rings. The molecule has 0 saturated carbocycles. The molecule has 0 saturated heterocycles. The third-order valence-corrected chi connectivity index (χ3v) is 1.47. The number of hydrogen-bond donors (Lipinski definition) is 0. The summed E-state index contributed by atoms with van der Waals surface area (Å²) in [6, 6.07) is 0. The molecule has 4 heteroatoms. The second-order valence-corrected chi connectivity index (χ2v) is 1.97. The first-order valence-corrected chi connectivity index (χ1v) is 3.75. The molecule has 0 aliphatic carbocycles. The van der Waals surface area contributed by atoms with Crippen molar-refractivity contribution in [1.29, 1.82) is 0 Å². The Kier molecular flexibility index (Phi) is 5.37. The lowest BCUT2D eigenvalue weighted by Crippen LogP contribution is -1.18. The molecule has 0 amide bonds. The summed E-state index contributed by atoms with van der Waals surface area (Å²) in [6.45, 7) is 0. The Hall–Kier alpha value is 0.200. The summed E-state index contributed by atoms with van der Waals surface area (Å²) < 4.78 is 19.1. The van der Waals surface area contributed by atoms with Gasteiger partial charge in [0.25, 0.3) is 0 Å². The Labute approximate surface area is 38.7 Å². The van der Waals surface area contributed by atoms with Crippen LogP contribution in [0, 0.1) is 0 Å². The molecular weight excluding hydrogens is 118 g/mol. The van der Waals surface area contributed by atoms with E-state index in [9.17, 15) is 9.13 Å². The lowest BCUT2D eigenvalue weighted by Gasteiger charge is -1.55. The SMILES string of the molecule is O=[PH2]C=C[PH2]=O. The third-order valence-electron chi connectivity index (χ3n) is 0.268. The van der Waals surface area contributed by atoms with E-state index >= 15 is 0 Å². The lowest BCUT2D eigenvalue weighted by atomic mass is 11.3. The zero-order valence-corrected chi connectivity index (χ0v) is 5.44. The maximum Gasteiger partial charge on any atom is 0.0853 e. The minimum atomic E-state index is -0.826. The van der Waals surface area contributed by atoms with E-state index in [1.807, 2.05) is 0 Å². The maximum absolute atomic E-state index is 9.56. The average Bonchev–Trinajstić information content (AvgIpc) is 1.61. The van der Waals surface area contributed by atoms with Crippen molar-refractivity contribution in [3.63, 3.8) is 0 Å². The molecule has 0 rings (SSSR count). The van der Waals surface area contributed by atoms with Crippen LogP contribution in [0.5, 0.6) is 0 Å². The minimum Gasteiger partial charge on any atom is -0.326 e. The first kappa shape index (κ1) is 6.20. The first-order chi connectivity index (χ1) is 2.91. The predicted octanol–water partition coefficient (Wildman–Crippen LogP) is 0.970. The Morgan fingerprint density at radius 1 is 1.00 bits per heavy atom. The van der Waals surface area contributed by atoms with E-state index in [1.54, 1.807) is 0 Å². The molecule has 6 heavy (non-hydrogen) atoms. The summed E-state index contributed by atoms with van der Waals surface area (Å²) >= 11 is 0. The zero-order chi connectivity index (χ0) is 4.83. The van der Waals surface area contributed by atoms with Crippen LogP contribution in [0.3, 0.4) is 0 Å². The van der Waals surface area contributed by atoms with Crippen molar-refractivity contribution < 1.29 is 9.13 Å². The van der Waals surface area contributed by atoms with Gasteiger partial charge in [0, 0.05) is 0 Å². The molecule has 2 atom stereocenters. The fourth-order valence-corrected chi connectivity index (χ4v) is 0.816. The van der Waals surface area contributed by atoms with Crippen LogP contribution in [0.25, 0.3) is 0 Å². The van der Waals surface area contributed by atoms with Gasteiger partial charge in [-0.3, -0.25) is 0 Å². The van der Waals surface area contributed by atoms with Crippen LogP contribution in [0.4, 0.5) is 0 Å². The van der Waals surface area contributed by atoms with Gasteiger partial charge in [-0.15, -0.1) is 0 Å². The fraction of sp³-hybridized carbons (Fsp3) is 0. The largest absolute Gasteiger partial charge is 0.326 e. The standard InChI is InChI=1S/C2H6O2P2/c3-5-1-2-6-4/h1-2H,5-6H2. The molecule has 36 valence electrons. The molecule has 0 aromatic rings. The highest BCUT2D eigenvalue weighted by Gasteiger charge is 1.53. The minimum absolute atomic E-state index is 0.826. The quantitative estimate of drug-likeness (QED) is 0.514. The van der Waals surface area contributed by atoms with Gasteiger partial charge in [-0.1, -0.05) is 0 Å². The van der Waals surface area contributed by atoms with Crippen molar-refractivity contribution in [2.45, 2.75) is 0 Å². The van der Waals surface area contributed by atoms with Gasteiger partial charge in [-0.2, -0.15) is 0 Å². The second kappa shape index (κ2) is 5.20. The summed E-state index contributed by atoms with van der Waals surface area (Å²) in [5, 5.41) is 0. The smallest absolute Gasteiger partial charge is 0.0853 e. The van der Waals surface area contributed by atoms with Gasteiger partial charge in [0.2, 0.25) is 0 Å². The van der Waals surface area contributed by atoms with Gasteiger partial charge >= 0.3 is 0 Å². The van der Waals surface area contributed by atoms with Crippen LogP contribution in [-0.4, -0.2) is 0 Å². The highest BCUT2D eigenvalue weighted by Crippen LogP contribution is 1.99. The summed E-state index contributed by atoms with van der Waals surface area (Å²) in [7, 11) is -1.65. The van der Waals surface area contributed by atoms with Crippen molar-refractivity contribution in [2.24, 2.45) is 0 Å². The molecular formula is C2H6O2P2. The van der Waals surface area contributed by atoms with Crippen LogP contribution in [-0.2, 0) is 9.13 Å². The van der Waals surface area contributed by atoms with Crippen molar-refractivity contribution >= 4 is 16.9 Å². The second-order valence-electron chi connectivity index (χ2n) is 0.657. The Bertz CT molecular complexity index is 67.6. The fourth-order valence-electron chi connectivity index (χ4n) is 0.0907. The summed E-state index contributed by atoms with van der Waals surface area (Å²) in [6.07, 6.45) is 0. The predicted molar refractivity (Wildman–Crippen MR) is 29.9 cm³/mol. The van der Waals surface area contributed by atoms with E-state index < -0.39 is 16.9 Å². The van der Waals surface area contributed by atoms with Crippen LogP contribution in [0.2, 0.25) is 0 Å². The molecule has 0 N–H and O–H groups in total. The van der Waals surface area contributed by atoms with Crippen molar-refractivity contribution in [1.82, 2.24) is 0 Å². The average molecular weight is 124 g/mol. The summed E-state index contributed by atoms with van der Waals surface area (Å²) in [4.78, 5) is 0. The van der Waals surface area contributed by atoms with E-state index in [0.717, 1.165) is 0 Å². The van der Waals surface area contributed by atoms with Gasteiger partial charge in [0.1, 0.15) is 0 Å². The van der Waals surface area contributed by atoms with Gasteiger partial charge in [0.05, 0.1) is 16.9 Å². The van der Waals surface area contributed by atoms with Crippen molar-refractivity contribution in [3.05, 3.63) is 11.6 Å². The monoisotopic (exact) mass is 124 g/mol. The molecule has 0 aliphatic heterocycles. The van der Waals surface area contributed by atoms with Crippen molar-refractivity contribution in [3.8, 4) is 0 Å². The highest BCUT2D eigenvalue weighted by molar-refractivity contribution is 7.32. The Morgan fingerprint density at radius 3 is 1.50 bits per heavy atom. The molecule has 0 aromatic heterocycles. The van der Waals surface area contributed by atoms with Crippen LogP contribution < -0.4 is 0 Å². The van der Waals surface area contributed by atoms with Crippen LogP contribution >= 0.6 is 16.9 Å². The highest BCUT2D eigenvalue weighted by atomic mass is 31.1. The molecule has 0 aromatic carbocycles. The normalized spacial score (nSPS) is 14.0. The molecule has 0 aliphatic rings. The lowest BCUT2D eigenvalue weighted by molar-refractivity contribution is 0.601. The van der Waals surface area contributed by atoms with Gasteiger partial charge < -0.3 is 9.13 Å². The van der Waals surface area contributed by atoms with Crippen molar-refractivity contribution in [2.75, 3.05) is 0 Å². The molecule has 0 heterocycles. The maximum atomic E-state index is 9.56. The first-order valence-electron chi connectivity index (χ1n) is 1.47. The van der Waals surface area contributed by atoms with Crippen LogP contribution in [0.15, 0.2) is 11.6 Å². The Morgan fingerprint density at radius 2 is 1.33 bits per heavy atom. The van der Waals surface area contributed by atoms with Gasteiger partial charge in [-0.25, -0.2) is 0 Å². The third kappa shape index (κ3) is 4.20. The summed E-state index contributed by atoms with van der Waals surface area (Å²) in [5.41, 5.74) is 0. The number of rotatable bonds is 2. The molecule has 2 unspecified atom stereocenters. The van der Waals surface area contributed by atoms with E-state index in [4.69, 9.17) is 0 Å². The zero-order valence-electron chi connectivity index (χ0n) is 3.13. The van der Waals surface area contributed by atoms with Crippen LogP contribution in [0.1, 0.15) is 0 Å². The topological polar surface area (TPSA) is 34.1 Å². The molecule has 2 nitrogen and oxygen atoms in total. The molecule has 0 bridgehead atoms. The summed E-state index contributed by atoms with van der Waals surface area (Å²) in [5.74, 6) is 2.87.